The molecule has 1 heterocycles. The molecule has 0 aromatic carbocycles. The molecule has 6 unspecified atom stereocenters. The minimum Gasteiger partial charge on any atom is -0.479 e. The molecule has 0 saturated carbocycles. The van der Waals surface area contributed by atoms with Gasteiger partial charge in [-0.05, 0) is 70.6 Å². The number of aliphatic hydroxyl groups excluding tert-OH is 2. The van der Waals surface area contributed by atoms with Crippen LogP contribution in [0.3, 0.4) is 0 Å². The van der Waals surface area contributed by atoms with Crippen LogP contribution in [0.2, 0.25) is 0 Å². The Morgan fingerprint density at radius 1 is 0.440 bits per heavy atom. The molecule has 1 fully saturated rings. The molecule has 1 rings (SSSR count). The second kappa shape index (κ2) is 51.7. The SMILES string of the molecule is CCC/C=C\C/C=C\CCCCCCCC(=O)OC1C(OCC(COC(=O)CCCCCCCCCCC/C=C\CCCCCCCC)OC(=O)CCCCCCCCCCCCCCC)OC(C(=O)O)C(O)C1O. The summed E-state index contributed by atoms with van der Waals surface area (Å²) in [6.07, 6.45) is 48.3. The lowest BCUT2D eigenvalue weighted by molar-refractivity contribution is -0.301. The molecular weight excluding hydrogens is 949 g/mol. The van der Waals surface area contributed by atoms with Crippen molar-refractivity contribution < 1.29 is 58.2 Å². The van der Waals surface area contributed by atoms with Gasteiger partial charge in [0.1, 0.15) is 18.8 Å². The number of carboxylic acids is 1. The van der Waals surface area contributed by atoms with Crippen LogP contribution < -0.4 is 0 Å². The van der Waals surface area contributed by atoms with Crippen LogP contribution >= 0.6 is 0 Å². The molecule has 0 spiro atoms. The first-order chi connectivity index (χ1) is 36.6. The van der Waals surface area contributed by atoms with Crippen molar-refractivity contribution in [2.75, 3.05) is 13.2 Å². The molecule has 0 amide bonds. The molecule has 3 N–H and O–H groups in total. The van der Waals surface area contributed by atoms with Crippen LogP contribution in [0.4, 0.5) is 0 Å². The monoisotopic (exact) mass is 1060 g/mol. The van der Waals surface area contributed by atoms with Gasteiger partial charge in [-0.1, -0.05) is 237 Å². The number of hydrogen-bond acceptors (Lipinski definition) is 11. The third-order valence-corrected chi connectivity index (χ3v) is 14.2. The van der Waals surface area contributed by atoms with Crippen LogP contribution in [-0.2, 0) is 42.9 Å². The zero-order valence-electron chi connectivity index (χ0n) is 48.1. The number of carbonyl (C=O) groups is 4. The van der Waals surface area contributed by atoms with Crippen LogP contribution in [0.15, 0.2) is 36.5 Å². The summed E-state index contributed by atoms with van der Waals surface area (Å²) in [5.41, 5.74) is 0. The first kappa shape index (κ1) is 70.0. The van der Waals surface area contributed by atoms with Crippen molar-refractivity contribution in [2.45, 2.75) is 327 Å². The highest BCUT2D eigenvalue weighted by atomic mass is 16.7. The highest BCUT2D eigenvalue weighted by Crippen LogP contribution is 2.27. The van der Waals surface area contributed by atoms with Gasteiger partial charge in [-0.25, -0.2) is 4.79 Å². The van der Waals surface area contributed by atoms with Gasteiger partial charge < -0.3 is 39.0 Å². The number of esters is 3. The molecule has 1 aliphatic heterocycles. The molecule has 1 aliphatic rings. The maximum atomic E-state index is 13.1. The average molecular weight is 1060 g/mol. The Kier molecular flexibility index (Phi) is 48.2. The zero-order valence-corrected chi connectivity index (χ0v) is 48.1. The van der Waals surface area contributed by atoms with Crippen LogP contribution in [0.5, 0.6) is 0 Å². The van der Waals surface area contributed by atoms with Crippen LogP contribution in [-0.4, -0.2) is 89.2 Å². The summed E-state index contributed by atoms with van der Waals surface area (Å²) in [7, 11) is 0. The van der Waals surface area contributed by atoms with Gasteiger partial charge in [-0.2, -0.15) is 0 Å². The number of carbonyl (C=O) groups excluding carboxylic acids is 3. The fourth-order valence-electron chi connectivity index (χ4n) is 9.40. The Bertz CT molecular complexity index is 1450. The molecule has 0 aromatic heterocycles. The van der Waals surface area contributed by atoms with Gasteiger partial charge in [0.25, 0.3) is 0 Å². The van der Waals surface area contributed by atoms with E-state index in [0.29, 0.717) is 19.3 Å². The molecule has 0 radical (unpaired) electrons. The molecule has 0 aliphatic carbocycles. The second-order valence-corrected chi connectivity index (χ2v) is 21.3. The first-order valence-electron chi connectivity index (χ1n) is 31.0. The first-order valence-corrected chi connectivity index (χ1v) is 31.0. The number of allylic oxidation sites excluding steroid dienone is 6. The lowest BCUT2D eigenvalue weighted by Gasteiger charge is -2.40. The Hall–Kier alpha value is -3.06. The number of carboxylic acid groups (broad SMARTS) is 1. The number of aliphatic hydroxyl groups is 2. The molecule has 12 nitrogen and oxygen atoms in total. The van der Waals surface area contributed by atoms with E-state index in [2.05, 4.69) is 57.2 Å². The molecule has 12 heteroatoms. The van der Waals surface area contributed by atoms with E-state index < -0.39 is 67.3 Å². The van der Waals surface area contributed by atoms with Crippen molar-refractivity contribution in [3.8, 4) is 0 Å². The summed E-state index contributed by atoms with van der Waals surface area (Å²) in [5.74, 6) is -3.11. The van der Waals surface area contributed by atoms with E-state index in [1.165, 1.54) is 141 Å². The highest BCUT2D eigenvalue weighted by molar-refractivity contribution is 5.74. The quantitative estimate of drug-likeness (QED) is 0.0228. The standard InChI is InChI=1S/C63H112O12/c1-4-7-10-13-16-19-22-25-26-27-28-29-30-33-34-37-40-43-46-49-55(64)71-52-54(73-56(65)50-47-44-41-38-35-31-23-20-17-14-11-8-5-2)53-72-63-61(59(68)58(67)60(75-63)62(69)70)74-57(66)51-48-45-42-39-36-32-24-21-18-15-12-9-6-3/h12,15,21,24-26,54,58-61,63,67-68H,4-11,13-14,16-20,22-23,27-53H2,1-3H3,(H,69,70)/b15-12-,24-21-,26-25-. The maximum Gasteiger partial charge on any atom is 0.335 e. The van der Waals surface area contributed by atoms with Gasteiger partial charge in [-0.3, -0.25) is 14.4 Å². The summed E-state index contributed by atoms with van der Waals surface area (Å²) in [6, 6.07) is 0. The van der Waals surface area contributed by atoms with Gasteiger partial charge in [0.2, 0.25) is 0 Å². The molecule has 1 saturated heterocycles. The zero-order chi connectivity index (χ0) is 54.7. The Labute approximate surface area is 457 Å². The van der Waals surface area contributed by atoms with Crippen molar-refractivity contribution in [3.05, 3.63) is 36.5 Å². The third kappa shape index (κ3) is 41.7. The Morgan fingerprint density at radius 3 is 1.27 bits per heavy atom. The van der Waals surface area contributed by atoms with E-state index in [1.54, 1.807) is 0 Å². The summed E-state index contributed by atoms with van der Waals surface area (Å²) >= 11 is 0. The molecular formula is C63H112O12. The van der Waals surface area contributed by atoms with Crippen molar-refractivity contribution >= 4 is 23.9 Å². The Morgan fingerprint density at radius 2 is 0.827 bits per heavy atom. The van der Waals surface area contributed by atoms with E-state index in [-0.39, 0.29) is 25.9 Å². The van der Waals surface area contributed by atoms with Crippen LogP contribution in [0, 0.1) is 0 Å². The number of rotatable bonds is 53. The van der Waals surface area contributed by atoms with Gasteiger partial charge >= 0.3 is 23.9 Å². The normalized spacial score (nSPS) is 18.3. The van der Waals surface area contributed by atoms with Crippen molar-refractivity contribution in [1.29, 1.82) is 0 Å². The predicted molar refractivity (Wildman–Crippen MR) is 303 cm³/mol. The van der Waals surface area contributed by atoms with Crippen LogP contribution in [0.25, 0.3) is 0 Å². The van der Waals surface area contributed by atoms with E-state index in [1.807, 2.05) is 0 Å². The van der Waals surface area contributed by atoms with Crippen molar-refractivity contribution in [2.24, 2.45) is 0 Å². The summed E-state index contributed by atoms with van der Waals surface area (Å²) < 4.78 is 28.5. The lowest BCUT2D eigenvalue weighted by atomic mass is 9.98. The number of ether oxygens (including phenoxy) is 5. The van der Waals surface area contributed by atoms with Gasteiger partial charge in [0.05, 0.1) is 6.61 Å². The lowest BCUT2D eigenvalue weighted by Crippen LogP contribution is -2.61. The van der Waals surface area contributed by atoms with Crippen LogP contribution in [0.1, 0.15) is 290 Å². The smallest absolute Gasteiger partial charge is 0.335 e. The van der Waals surface area contributed by atoms with E-state index in [0.717, 1.165) is 89.9 Å². The molecule has 0 aromatic rings. The topological polar surface area (TPSA) is 175 Å². The number of aliphatic carboxylic acids is 1. The molecule has 75 heavy (non-hydrogen) atoms. The minimum atomic E-state index is -1.90. The van der Waals surface area contributed by atoms with E-state index in [4.69, 9.17) is 23.7 Å². The highest BCUT2D eigenvalue weighted by Gasteiger charge is 2.50. The predicted octanol–water partition coefficient (Wildman–Crippen LogP) is 16.0. The summed E-state index contributed by atoms with van der Waals surface area (Å²) in [4.78, 5) is 51.1. The largest absolute Gasteiger partial charge is 0.479 e. The fraction of sp³-hybridized carbons (Fsp3) is 0.841. The van der Waals surface area contributed by atoms with Gasteiger partial charge in [0, 0.05) is 19.3 Å². The fourth-order valence-corrected chi connectivity index (χ4v) is 9.40. The Balaban J connectivity index is 2.65. The van der Waals surface area contributed by atoms with Gasteiger partial charge in [0.15, 0.2) is 24.6 Å². The van der Waals surface area contributed by atoms with E-state index >= 15 is 0 Å². The summed E-state index contributed by atoms with van der Waals surface area (Å²) in [5, 5.41) is 31.5. The minimum absolute atomic E-state index is 0.0471. The third-order valence-electron chi connectivity index (χ3n) is 14.2. The number of hydrogen-bond donors (Lipinski definition) is 3. The molecule has 0 bridgehead atoms. The molecule has 6 atom stereocenters. The van der Waals surface area contributed by atoms with Gasteiger partial charge in [-0.15, -0.1) is 0 Å². The van der Waals surface area contributed by atoms with Crippen molar-refractivity contribution in [1.82, 2.24) is 0 Å². The van der Waals surface area contributed by atoms with Crippen molar-refractivity contribution in [3.63, 3.8) is 0 Å². The van der Waals surface area contributed by atoms with E-state index in [9.17, 15) is 34.5 Å². The summed E-state index contributed by atoms with van der Waals surface area (Å²) in [6.45, 7) is 5.94. The number of unbranched alkanes of at least 4 members (excludes halogenated alkanes) is 33. The average Bonchev–Trinajstić information content (AvgIpc) is 3.39. The molecule has 436 valence electrons. The maximum absolute atomic E-state index is 13.1. The second-order valence-electron chi connectivity index (χ2n) is 21.3.